The number of carbonyl (C=O) groups excluding carboxylic acids is 1. The van der Waals surface area contributed by atoms with Crippen LogP contribution in [-0.2, 0) is 4.74 Å². The molecule has 0 spiro atoms. The van der Waals surface area contributed by atoms with Gasteiger partial charge in [-0.15, -0.1) is 11.3 Å². The molecule has 4 heteroatoms. The number of nitrogens with one attached hydrogen (secondary N) is 1. The van der Waals surface area contributed by atoms with Crippen LogP contribution in [0.5, 0.6) is 0 Å². The highest BCUT2D eigenvalue weighted by Crippen LogP contribution is 2.33. The van der Waals surface area contributed by atoms with Crippen LogP contribution >= 0.6 is 11.3 Å². The number of amides is 1. The van der Waals surface area contributed by atoms with Crippen LogP contribution in [0.1, 0.15) is 20.8 Å². The van der Waals surface area contributed by atoms with E-state index in [1.807, 2.05) is 62.5 Å². The lowest BCUT2D eigenvalue weighted by Gasteiger charge is -2.19. The molecular weight excluding hydrogens is 258 g/mol. The first-order valence-electron chi connectivity index (χ1n) is 6.08. The Morgan fingerprint density at radius 3 is 2.47 bits per heavy atom. The predicted octanol–water partition coefficient (Wildman–Crippen LogP) is 4.76. The summed E-state index contributed by atoms with van der Waals surface area (Å²) in [6.45, 7) is 5.54. The number of rotatable bonds is 2. The summed E-state index contributed by atoms with van der Waals surface area (Å²) in [5.74, 6) is 0. The average Bonchev–Trinajstić information content (AvgIpc) is 2.75. The van der Waals surface area contributed by atoms with E-state index in [4.69, 9.17) is 4.74 Å². The van der Waals surface area contributed by atoms with E-state index in [1.165, 1.54) is 11.3 Å². The van der Waals surface area contributed by atoms with Crippen LogP contribution in [0.15, 0.2) is 41.8 Å². The first kappa shape index (κ1) is 13.6. The Morgan fingerprint density at radius 2 is 1.84 bits per heavy atom. The Kier molecular flexibility index (Phi) is 3.90. The van der Waals surface area contributed by atoms with Crippen LogP contribution in [0.25, 0.3) is 11.1 Å². The van der Waals surface area contributed by atoms with Crippen molar-refractivity contribution in [3.05, 3.63) is 41.8 Å². The molecule has 100 valence electrons. The van der Waals surface area contributed by atoms with Crippen LogP contribution in [0, 0.1) is 0 Å². The predicted molar refractivity (Wildman–Crippen MR) is 79.6 cm³/mol. The average molecular weight is 275 g/mol. The van der Waals surface area contributed by atoms with Gasteiger partial charge < -0.3 is 4.74 Å². The molecule has 1 aromatic heterocycles. The lowest BCUT2D eigenvalue weighted by molar-refractivity contribution is 0.0636. The highest BCUT2D eigenvalue weighted by atomic mass is 32.1. The van der Waals surface area contributed by atoms with Crippen molar-refractivity contribution in [3.8, 4) is 11.1 Å². The van der Waals surface area contributed by atoms with E-state index in [0.29, 0.717) is 0 Å². The SMILES string of the molecule is CC(C)(C)OC(=O)Nc1sccc1-c1ccccc1. The smallest absolute Gasteiger partial charge is 0.412 e. The molecule has 1 N–H and O–H groups in total. The monoisotopic (exact) mass is 275 g/mol. The van der Waals surface area contributed by atoms with Gasteiger partial charge >= 0.3 is 6.09 Å². The van der Waals surface area contributed by atoms with E-state index in [1.54, 1.807) is 0 Å². The summed E-state index contributed by atoms with van der Waals surface area (Å²) in [4.78, 5) is 11.8. The van der Waals surface area contributed by atoms with Crippen molar-refractivity contribution in [3.63, 3.8) is 0 Å². The summed E-state index contributed by atoms with van der Waals surface area (Å²) < 4.78 is 5.26. The van der Waals surface area contributed by atoms with Gasteiger partial charge in [-0.25, -0.2) is 4.79 Å². The fourth-order valence-electron chi connectivity index (χ4n) is 1.65. The van der Waals surface area contributed by atoms with E-state index >= 15 is 0 Å². The third-order valence-electron chi connectivity index (χ3n) is 2.36. The maximum atomic E-state index is 11.8. The molecule has 2 rings (SSSR count). The molecule has 0 atom stereocenters. The van der Waals surface area contributed by atoms with Crippen molar-refractivity contribution in [2.45, 2.75) is 26.4 Å². The molecule has 1 heterocycles. The number of thiophene rings is 1. The molecule has 0 radical (unpaired) electrons. The van der Waals surface area contributed by atoms with E-state index in [9.17, 15) is 4.79 Å². The zero-order valence-corrected chi connectivity index (χ0v) is 12.1. The molecule has 3 nitrogen and oxygen atoms in total. The van der Waals surface area contributed by atoms with Crippen molar-refractivity contribution in [2.24, 2.45) is 0 Å². The molecule has 2 aromatic rings. The van der Waals surface area contributed by atoms with Gasteiger partial charge in [0.1, 0.15) is 10.6 Å². The molecule has 0 saturated carbocycles. The summed E-state index contributed by atoms with van der Waals surface area (Å²) in [5, 5.41) is 5.56. The van der Waals surface area contributed by atoms with Crippen molar-refractivity contribution >= 4 is 22.4 Å². The van der Waals surface area contributed by atoms with E-state index in [0.717, 1.165) is 16.1 Å². The van der Waals surface area contributed by atoms with E-state index < -0.39 is 11.7 Å². The summed E-state index contributed by atoms with van der Waals surface area (Å²) in [6, 6.07) is 11.9. The molecule has 0 aliphatic carbocycles. The number of benzene rings is 1. The quantitative estimate of drug-likeness (QED) is 0.858. The second-order valence-electron chi connectivity index (χ2n) is 5.16. The Hall–Kier alpha value is -1.81. The van der Waals surface area contributed by atoms with Crippen molar-refractivity contribution < 1.29 is 9.53 Å². The minimum Gasteiger partial charge on any atom is -0.444 e. The maximum absolute atomic E-state index is 11.8. The Balaban J connectivity index is 2.15. The maximum Gasteiger partial charge on any atom is 0.412 e. The topological polar surface area (TPSA) is 38.3 Å². The van der Waals surface area contributed by atoms with Gasteiger partial charge in [0.15, 0.2) is 0 Å². The lowest BCUT2D eigenvalue weighted by atomic mass is 10.1. The van der Waals surface area contributed by atoms with Gasteiger partial charge in [-0.05, 0) is 37.8 Å². The number of hydrogen-bond acceptors (Lipinski definition) is 3. The van der Waals surface area contributed by atoms with Gasteiger partial charge in [0.2, 0.25) is 0 Å². The van der Waals surface area contributed by atoms with Crippen LogP contribution in [0.2, 0.25) is 0 Å². The molecular formula is C15H17NO2S. The van der Waals surface area contributed by atoms with Gasteiger partial charge in [0.25, 0.3) is 0 Å². The number of ether oxygens (including phenoxy) is 1. The summed E-state index contributed by atoms with van der Waals surface area (Å²) >= 11 is 1.49. The number of carbonyl (C=O) groups is 1. The molecule has 0 aliphatic heterocycles. The molecule has 1 amide bonds. The van der Waals surface area contributed by atoms with Gasteiger partial charge in [-0.2, -0.15) is 0 Å². The van der Waals surface area contributed by atoms with E-state index in [-0.39, 0.29) is 0 Å². The molecule has 0 fully saturated rings. The van der Waals surface area contributed by atoms with E-state index in [2.05, 4.69) is 5.32 Å². The third kappa shape index (κ3) is 3.83. The van der Waals surface area contributed by atoms with Crippen LogP contribution in [-0.4, -0.2) is 11.7 Å². The van der Waals surface area contributed by atoms with Crippen LogP contribution in [0.4, 0.5) is 9.80 Å². The van der Waals surface area contributed by atoms with Gasteiger partial charge in [-0.1, -0.05) is 30.3 Å². The fourth-order valence-corrected chi connectivity index (χ4v) is 2.44. The largest absolute Gasteiger partial charge is 0.444 e. The zero-order chi connectivity index (χ0) is 13.9. The lowest BCUT2D eigenvalue weighted by Crippen LogP contribution is -2.27. The van der Waals surface area contributed by atoms with Crippen LogP contribution in [0.3, 0.4) is 0 Å². The van der Waals surface area contributed by atoms with Crippen molar-refractivity contribution in [1.29, 1.82) is 0 Å². The Bertz CT molecular complexity index is 555. The summed E-state index contributed by atoms with van der Waals surface area (Å²) in [5.41, 5.74) is 1.60. The highest BCUT2D eigenvalue weighted by molar-refractivity contribution is 7.15. The normalized spacial score (nSPS) is 11.1. The number of hydrogen-bond donors (Lipinski definition) is 1. The minimum atomic E-state index is -0.492. The highest BCUT2D eigenvalue weighted by Gasteiger charge is 2.17. The molecule has 0 unspecified atom stereocenters. The summed E-state index contributed by atoms with van der Waals surface area (Å²) in [6.07, 6.45) is -0.424. The Morgan fingerprint density at radius 1 is 1.16 bits per heavy atom. The van der Waals surface area contributed by atoms with Gasteiger partial charge in [-0.3, -0.25) is 5.32 Å². The second-order valence-corrected chi connectivity index (χ2v) is 6.07. The van der Waals surface area contributed by atoms with Gasteiger partial charge in [0, 0.05) is 5.56 Å². The second kappa shape index (κ2) is 5.45. The molecule has 0 bridgehead atoms. The zero-order valence-electron chi connectivity index (χ0n) is 11.3. The fraction of sp³-hybridized carbons (Fsp3) is 0.267. The third-order valence-corrected chi connectivity index (χ3v) is 3.19. The van der Waals surface area contributed by atoms with Crippen molar-refractivity contribution in [2.75, 3.05) is 5.32 Å². The molecule has 19 heavy (non-hydrogen) atoms. The summed E-state index contributed by atoms with van der Waals surface area (Å²) in [7, 11) is 0. The minimum absolute atomic E-state index is 0.424. The standard InChI is InChI=1S/C15H17NO2S/c1-15(2,3)18-14(17)16-13-12(9-10-19-13)11-7-5-4-6-8-11/h4-10H,1-3H3,(H,16,17). The van der Waals surface area contributed by atoms with Crippen molar-refractivity contribution in [1.82, 2.24) is 0 Å². The first-order chi connectivity index (χ1) is 8.96. The van der Waals surface area contributed by atoms with Gasteiger partial charge in [0.05, 0.1) is 0 Å². The molecule has 1 aromatic carbocycles. The first-order valence-corrected chi connectivity index (χ1v) is 6.96. The van der Waals surface area contributed by atoms with Crippen LogP contribution < -0.4 is 5.32 Å². The number of anilines is 1. The molecule has 0 aliphatic rings. The molecule has 0 saturated heterocycles. The Labute approximate surface area is 117 Å².